The van der Waals surface area contributed by atoms with Gasteiger partial charge >= 0.3 is 5.97 Å². The van der Waals surface area contributed by atoms with E-state index in [0.717, 1.165) is 47.3 Å². The molecule has 220 valence electrons. The average Bonchev–Trinajstić information content (AvgIpc) is 3.32. The van der Waals surface area contributed by atoms with E-state index in [-0.39, 0.29) is 25.5 Å². The third-order valence-electron chi connectivity index (χ3n) is 7.36. The maximum Gasteiger partial charge on any atom is 0.328 e. The van der Waals surface area contributed by atoms with E-state index in [0.29, 0.717) is 23.8 Å². The van der Waals surface area contributed by atoms with Crippen molar-refractivity contribution >= 4 is 23.5 Å². The number of imidazole rings is 1. The molecular formula is C34H38ClN3O4. The van der Waals surface area contributed by atoms with E-state index in [1.54, 1.807) is 4.90 Å². The van der Waals surface area contributed by atoms with Crippen LogP contribution in [0.15, 0.2) is 84.9 Å². The summed E-state index contributed by atoms with van der Waals surface area (Å²) >= 11 is 6.32. The summed E-state index contributed by atoms with van der Waals surface area (Å²) in [4.78, 5) is 32.9. The minimum atomic E-state index is -0.783. The SMILES string of the molecule is CCCCc1nc(Cl)c(CO)n1Cc1ccc(CN(C(=O)Cc2ccccc2)C(Cc2ccccc2)C(=O)OC)cc1. The maximum absolute atomic E-state index is 13.7. The molecule has 1 N–H and O–H groups in total. The molecule has 8 heteroatoms. The van der Waals surface area contributed by atoms with Gasteiger partial charge in [-0.25, -0.2) is 9.78 Å². The Morgan fingerprint density at radius 3 is 2.14 bits per heavy atom. The fourth-order valence-electron chi connectivity index (χ4n) is 5.04. The van der Waals surface area contributed by atoms with Crippen LogP contribution in [-0.2, 0) is 53.3 Å². The number of aliphatic hydroxyl groups is 1. The van der Waals surface area contributed by atoms with Gasteiger partial charge in [-0.1, -0.05) is 110 Å². The second kappa shape index (κ2) is 15.3. The Hall–Kier alpha value is -3.94. The molecule has 4 aromatic rings. The Bertz CT molecular complexity index is 1440. The first kappa shape index (κ1) is 31.0. The summed E-state index contributed by atoms with van der Waals surface area (Å²) in [5, 5.41) is 10.3. The van der Waals surface area contributed by atoms with Crippen LogP contribution >= 0.6 is 11.6 Å². The lowest BCUT2D eigenvalue weighted by Crippen LogP contribution is -2.47. The molecule has 42 heavy (non-hydrogen) atoms. The van der Waals surface area contributed by atoms with Crippen LogP contribution in [-0.4, -0.2) is 44.6 Å². The number of aromatic nitrogens is 2. The summed E-state index contributed by atoms with van der Waals surface area (Å²) in [6, 6.07) is 26.3. The van der Waals surface area contributed by atoms with E-state index in [4.69, 9.17) is 16.3 Å². The molecule has 0 radical (unpaired) electrons. The third kappa shape index (κ3) is 8.08. The number of aryl methyl sites for hydroxylation is 1. The van der Waals surface area contributed by atoms with Gasteiger partial charge in [0.2, 0.25) is 5.91 Å². The van der Waals surface area contributed by atoms with Gasteiger partial charge in [0, 0.05) is 25.9 Å². The van der Waals surface area contributed by atoms with Crippen LogP contribution in [0.2, 0.25) is 5.15 Å². The molecule has 0 aliphatic heterocycles. The molecule has 3 aromatic carbocycles. The van der Waals surface area contributed by atoms with Crippen molar-refractivity contribution in [2.45, 2.75) is 64.8 Å². The van der Waals surface area contributed by atoms with E-state index in [2.05, 4.69) is 11.9 Å². The highest BCUT2D eigenvalue weighted by Gasteiger charge is 2.31. The van der Waals surface area contributed by atoms with Crippen molar-refractivity contribution in [1.82, 2.24) is 14.5 Å². The van der Waals surface area contributed by atoms with Crippen molar-refractivity contribution < 1.29 is 19.4 Å². The number of nitrogens with zero attached hydrogens (tertiary/aromatic N) is 3. The van der Waals surface area contributed by atoms with Crippen molar-refractivity contribution in [2.24, 2.45) is 0 Å². The van der Waals surface area contributed by atoms with Crippen molar-refractivity contribution in [1.29, 1.82) is 0 Å². The van der Waals surface area contributed by atoms with Crippen LogP contribution in [0.5, 0.6) is 0 Å². The van der Waals surface area contributed by atoms with Gasteiger partial charge in [0.15, 0.2) is 5.15 Å². The second-order valence-corrected chi connectivity index (χ2v) is 10.7. The summed E-state index contributed by atoms with van der Waals surface area (Å²) in [5.74, 6) is 0.248. The Morgan fingerprint density at radius 1 is 0.929 bits per heavy atom. The fourth-order valence-corrected chi connectivity index (χ4v) is 5.30. The largest absolute Gasteiger partial charge is 0.467 e. The number of esters is 1. The van der Waals surface area contributed by atoms with Gasteiger partial charge < -0.3 is 19.3 Å². The Balaban J connectivity index is 1.59. The van der Waals surface area contributed by atoms with Gasteiger partial charge in [0.05, 0.1) is 25.8 Å². The standard InChI is InChI=1S/C34H38ClN3O4/c1-3-4-15-31-36-33(35)30(24-39)37(31)22-27-16-18-28(19-17-27)23-38(32(40)21-26-13-9-6-10-14-26)29(34(41)42-2)20-25-11-7-5-8-12-25/h5-14,16-19,29,39H,3-4,15,20-24H2,1-2H3. The predicted octanol–water partition coefficient (Wildman–Crippen LogP) is 5.78. The molecule has 7 nitrogen and oxygen atoms in total. The molecule has 1 atom stereocenters. The summed E-state index contributed by atoms with van der Waals surface area (Å²) in [6.07, 6.45) is 3.31. The fraction of sp³-hybridized carbons (Fsp3) is 0.324. The van der Waals surface area contributed by atoms with Gasteiger partial charge in [-0.15, -0.1) is 0 Å². The molecule has 1 aromatic heterocycles. The molecule has 1 heterocycles. The molecule has 0 saturated heterocycles. The van der Waals surface area contributed by atoms with E-state index in [1.807, 2.05) is 89.5 Å². The van der Waals surface area contributed by atoms with Gasteiger partial charge in [-0.3, -0.25) is 4.79 Å². The molecule has 1 unspecified atom stereocenters. The van der Waals surface area contributed by atoms with Crippen LogP contribution in [0.1, 0.15) is 53.5 Å². The number of halogens is 1. The minimum absolute atomic E-state index is 0.155. The van der Waals surface area contributed by atoms with Crippen LogP contribution in [0.25, 0.3) is 0 Å². The number of carbonyl (C=O) groups excluding carboxylic acids is 2. The first-order valence-electron chi connectivity index (χ1n) is 14.3. The molecule has 1 amide bonds. The quantitative estimate of drug-likeness (QED) is 0.189. The highest BCUT2D eigenvalue weighted by atomic mass is 35.5. The van der Waals surface area contributed by atoms with Crippen molar-refractivity contribution in [3.63, 3.8) is 0 Å². The van der Waals surface area contributed by atoms with Gasteiger partial charge in [-0.2, -0.15) is 0 Å². The lowest BCUT2D eigenvalue weighted by atomic mass is 10.0. The predicted molar refractivity (Wildman–Crippen MR) is 164 cm³/mol. The normalized spacial score (nSPS) is 11.7. The molecule has 4 rings (SSSR count). The number of carbonyl (C=O) groups is 2. The third-order valence-corrected chi connectivity index (χ3v) is 7.67. The summed E-state index contributed by atoms with van der Waals surface area (Å²) in [5.41, 5.74) is 4.32. The smallest absolute Gasteiger partial charge is 0.328 e. The number of methoxy groups -OCH3 is 1. The number of rotatable bonds is 14. The van der Waals surface area contributed by atoms with Crippen LogP contribution in [0.3, 0.4) is 0 Å². The summed E-state index contributed by atoms with van der Waals surface area (Å²) < 4.78 is 7.16. The molecule has 0 spiro atoms. The average molecular weight is 588 g/mol. The number of ether oxygens (including phenoxy) is 1. The zero-order chi connectivity index (χ0) is 29.9. The maximum atomic E-state index is 13.7. The topological polar surface area (TPSA) is 84.7 Å². The van der Waals surface area contributed by atoms with E-state index < -0.39 is 12.0 Å². The van der Waals surface area contributed by atoms with Gasteiger partial charge in [0.1, 0.15) is 11.9 Å². The number of amides is 1. The molecule has 0 saturated carbocycles. The number of hydrogen-bond donors (Lipinski definition) is 1. The van der Waals surface area contributed by atoms with Crippen molar-refractivity contribution in [2.75, 3.05) is 7.11 Å². The lowest BCUT2D eigenvalue weighted by Gasteiger charge is -2.30. The molecular weight excluding hydrogens is 550 g/mol. The number of hydrogen-bond acceptors (Lipinski definition) is 5. The first-order chi connectivity index (χ1) is 20.4. The number of unbranched alkanes of at least 4 members (excludes halogenated alkanes) is 1. The lowest BCUT2D eigenvalue weighted by molar-refractivity contribution is -0.153. The van der Waals surface area contributed by atoms with Crippen molar-refractivity contribution in [3.8, 4) is 0 Å². The van der Waals surface area contributed by atoms with Crippen LogP contribution < -0.4 is 0 Å². The Labute approximate surface area is 252 Å². The highest BCUT2D eigenvalue weighted by molar-refractivity contribution is 6.30. The zero-order valence-corrected chi connectivity index (χ0v) is 25.0. The minimum Gasteiger partial charge on any atom is -0.467 e. The highest BCUT2D eigenvalue weighted by Crippen LogP contribution is 2.22. The molecule has 0 aliphatic rings. The van der Waals surface area contributed by atoms with Crippen molar-refractivity contribution in [3.05, 3.63) is 124 Å². The Morgan fingerprint density at radius 2 is 1.55 bits per heavy atom. The van der Waals surface area contributed by atoms with Gasteiger partial charge in [0.25, 0.3) is 0 Å². The molecule has 0 bridgehead atoms. The monoisotopic (exact) mass is 587 g/mol. The summed E-state index contributed by atoms with van der Waals surface area (Å²) in [7, 11) is 1.35. The van der Waals surface area contributed by atoms with Crippen LogP contribution in [0, 0.1) is 0 Å². The number of aliphatic hydroxyl groups excluding tert-OH is 1. The van der Waals surface area contributed by atoms with E-state index in [9.17, 15) is 14.7 Å². The van der Waals surface area contributed by atoms with E-state index in [1.165, 1.54) is 7.11 Å². The van der Waals surface area contributed by atoms with Crippen LogP contribution in [0.4, 0.5) is 0 Å². The summed E-state index contributed by atoms with van der Waals surface area (Å²) in [6.45, 7) is 2.70. The second-order valence-electron chi connectivity index (χ2n) is 10.3. The Kier molecular flexibility index (Phi) is 11.3. The first-order valence-corrected chi connectivity index (χ1v) is 14.7. The van der Waals surface area contributed by atoms with E-state index >= 15 is 0 Å². The number of benzene rings is 3. The van der Waals surface area contributed by atoms with Gasteiger partial charge in [-0.05, 0) is 28.7 Å². The zero-order valence-electron chi connectivity index (χ0n) is 24.2. The molecule has 0 aliphatic carbocycles. The molecule has 0 fully saturated rings.